The first-order valence-corrected chi connectivity index (χ1v) is 10.5. The number of piperidine rings is 1. The standard InChI is InChI=1S/C15H20N4O2S2/c1-11-9-22-14-13(11)16-10-17-15(14)18-5-2-4-12(8-18)19-6-3-7-23(19,20)21/h9-10,12H,2-8H2,1H3. The molecule has 2 aromatic rings. The minimum absolute atomic E-state index is 0.0716. The van der Waals surface area contributed by atoms with E-state index in [1.165, 1.54) is 5.56 Å². The predicted octanol–water partition coefficient (Wildman–Crippen LogP) is 2.00. The highest BCUT2D eigenvalue weighted by Crippen LogP contribution is 2.33. The number of fused-ring (bicyclic) bond motifs is 1. The third kappa shape index (κ3) is 2.62. The van der Waals surface area contributed by atoms with Gasteiger partial charge >= 0.3 is 0 Å². The molecule has 2 saturated heterocycles. The van der Waals surface area contributed by atoms with Crippen molar-refractivity contribution in [2.75, 3.05) is 30.3 Å². The summed E-state index contributed by atoms with van der Waals surface area (Å²) in [6, 6.07) is 0.0716. The van der Waals surface area contributed by atoms with Gasteiger partial charge in [0.1, 0.15) is 12.1 Å². The Kier molecular flexibility index (Phi) is 3.78. The zero-order valence-corrected chi connectivity index (χ0v) is 14.7. The van der Waals surface area contributed by atoms with Gasteiger partial charge in [0.2, 0.25) is 10.0 Å². The van der Waals surface area contributed by atoms with Crippen LogP contribution in [0.15, 0.2) is 11.7 Å². The smallest absolute Gasteiger partial charge is 0.214 e. The molecule has 4 rings (SSSR count). The number of aromatic nitrogens is 2. The minimum Gasteiger partial charge on any atom is -0.354 e. The average Bonchev–Trinajstić information content (AvgIpc) is 3.10. The van der Waals surface area contributed by atoms with E-state index in [1.54, 1.807) is 22.0 Å². The third-order valence-electron chi connectivity index (χ3n) is 4.75. The van der Waals surface area contributed by atoms with Gasteiger partial charge in [0.05, 0.1) is 16.0 Å². The topological polar surface area (TPSA) is 66.4 Å². The molecule has 0 aromatic carbocycles. The molecular weight excluding hydrogens is 332 g/mol. The van der Waals surface area contributed by atoms with Crippen molar-refractivity contribution in [2.45, 2.75) is 32.2 Å². The van der Waals surface area contributed by atoms with Gasteiger partial charge < -0.3 is 4.90 Å². The Hall–Kier alpha value is -1.25. The SMILES string of the molecule is Cc1csc2c(N3CCCC(N4CCCS4(=O)=O)C3)ncnc12. The summed E-state index contributed by atoms with van der Waals surface area (Å²) in [6.45, 7) is 4.37. The summed E-state index contributed by atoms with van der Waals surface area (Å²) >= 11 is 1.67. The molecular formula is C15H20N4O2S2. The molecule has 1 unspecified atom stereocenters. The van der Waals surface area contributed by atoms with E-state index in [4.69, 9.17) is 0 Å². The summed E-state index contributed by atoms with van der Waals surface area (Å²) in [5.41, 5.74) is 2.18. The van der Waals surface area contributed by atoms with Crippen LogP contribution in [0.5, 0.6) is 0 Å². The summed E-state index contributed by atoms with van der Waals surface area (Å²) in [7, 11) is -3.05. The van der Waals surface area contributed by atoms with Crippen LogP contribution in [0.3, 0.4) is 0 Å². The molecule has 0 spiro atoms. The van der Waals surface area contributed by atoms with Crippen LogP contribution in [-0.4, -0.2) is 54.1 Å². The number of anilines is 1. The first-order chi connectivity index (χ1) is 11.1. The van der Waals surface area contributed by atoms with Crippen molar-refractivity contribution < 1.29 is 8.42 Å². The fourth-order valence-electron chi connectivity index (χ4n) is 3.63. The van der Waals surface area contributed by atoms with E-state index in [2.05, 4.69) is 27.2 Å². The molecule has 0 saturated carbocycles. The molecule has 0 N–H and O–H groups in total. The third-order valence-corrected chi connectivity index (χ3v) is 7.84. The number of hydrogen-bond acceptors (Lipinski definition) is 6. The van der Waals surface area contributed by atoms with Crippen LogP contribution in [0.2, 0.25) is 0 Å². The largest absolute Gasteiger partial charge is 0.354 e. The van der Waals surface area contributed by atoms with Gasteiger partial charge in [0.15, 0.2) is 0 Å². The van der Waals surface area contributed by atoms with Gasteiger partial charge in [-0.05, 0) is 37.1 Å². The number of sulfonamides is 1. The van der Waals surface area contributed by atoms with E-state index in [0.29, 0.717) is 12.3 Å². The summed E-state index contributed by atoms with van der Waals surface area (Å²) in [4.78, 5) is 11.1. The Labute approximate surface area is 140 Å². The number of hydrogen-bond donors (Lipinski definition) is 0. The fourth-order valence-corrected chi connectivity index (χ4v) is 6.41. The fraction of sp³-hybridized carbons (Fsp3) is 0.600. The molecule has 2 fully saturated rings. The Morgan fingerprint density at radius 2 is 2.13 bits per heavy atom. The summed E-state index contributed by atoms with van der Waals surface area (Å²) in [5, 5.41) is 2.11. The van der Waals surface area contributed by atoms with Gasteiger partial charge in [0.25, 0.3) is 0 Å². The molecule has 0 bridgehead atoms. The van der Waals surface area contributed by atoms with Crippen molar-refractivity contribution in [1.29, 1.82) is 0 Å². The van der Waals surface area contributed by atoms with Crippen LogP contribution >= 0.6 is 11.3 Å². The first kappa shape index (κ1) is 15.3. The molecule has 23 heavy (non-hydrogen) atoms. The molecule has 6 nitrogen and oxygen atoms in total. The van der Waals surface area contributed by atoms with E-state index in [9.17, 15) is 8.42 Å². The summed E-state index contributed by atoms with van der Waals surface area (Å²) in [5.74, 6) is 1.25. The van der Waals surface area contributed by atoms with E-state index < -0.39 is 10.0 Å². The second-order valence-electron chi connectivity index (χ2n) is 6.32. The maximum absolute atomic E-state index is 12.2. The Balaban J connectivity index is 1.64. The normalized spacial score (nSPS) is 25.3. The van der Waals surface area contributed by atoms with Crippen LogP contribution in [0, 0.1) is 6.92 Å². The maximum Gasteiger partial charge on any atom is 0.214 e. The molecule has 4 heterocycles. The summed E-state index contributed by atoms with van der Waals surface area (Å²) < 4.78 is 27.2. The molecule has 0 amide bonds. The monoisotopic (exact) mass is 352 g/mol. The number of aryl methyl sites for hydroxylation is 1. The highest BCUT2D eigenvalue weighted by molar-refractivity contribution is 7.89. The predicted molar refractivity (Wildman–Crippen MR) is 92.5 cm³/mol. The zero-order chi connectivity index (χ0) is 16.0. The molecule has 124 valence electrons. The van der Waals surface area contributed by atoms with Crippen molar-refractivity contribution >= 4 is 37.4 Å². The van der Waals surface area contributed by atoms with Crippen molar-refractivity contribution in [3.8, 4) is 0 Å². The van der Waals surface area contributed by atoms with E-state index >= 15 is 0 Å². The molecule has 0 radical (unpaired) electrons. The first-order valence-electron chi connectivity index (χ1n) is 7.99. The Morgan fingerprint density at radius 1 is 1.26 bits per heavy atom. The molecule has 1 atom stereocenters. The van der Waals surface area contributed by atoms with Gasteiger partial charge in [-0.2, -0.15) is 4.31 Å². The lowest BCUT2D eigenvalue weighted by Crippen LogP contribution is -2.48. The lowest BCUT2D eigenvalue weighted by atomic mass is 10.1. The number of thiophene rings is 1. The Morgan fingerprint density at radius 3 is 2.91 bits per heavy atom. The van der Waals surface area contributed by atoms with Crippen LogP contribution in [0.4, 0.5) is 5.82 Å². The van der Waals surface area contributed by atoms with Crippen LogP contribution in [0.1, 0.15) is 24.8 Å². The van der Waals surface area contributed by atoms with Gasteiger partial charge in [-0.25, -0.2) is 18.4 Å². The van der Waals surface area contributed by atoms with Crippen molar-refractivity contribution in [3.63, 3.8) is 0 Å². The zero-order valence-electron chi connectivity index (χ0n) is 13.1. The second-order valence-corrected chi connectivity index (χ2v) is 9.24. The molecule has 8 heteroatoms. The minimum atomic E-state index is -3.05. The number of nitrogens with zero attached hydrogens (tertiary/aromatic N) is 4. The van der Waals surface area contributed by atoms with Crippen LogP contribution in [-0.2, 0) is 10.0 Å². The number of rotatable bonds is 2. The quantitative estimate of drug-likeness (QED) is 0.827. The van der Waals surface area contributed by atoms with Gasteiger partial charge in [0, 0.05) is 25.7 Å². The molecule has 2 aromatic heterocycles. The highest BCUT2D eigenvalue weighted by atomic mass is 32.2. The van der Waals surface area contributed by atoms with Gasteiger partial charge in [-0.3, -0.25) is 0 Å². The molecule has 2 aliphatic heterocycles. The molecule has 0 aliphatic carbocycles. The van der Waals surface area contributed by atoms with E-state index in [-0.39, 0.29) is 6.04 Å². The van der Waals surface area contributed by atoms with Crippen molar-refractivity contribution in [1.82, 2.24) is 14.3 Å². The van der Waals surface area contributed by atoms with Gasteiger partial charge in [-0.1, -0.05) is 0 Å². The average molecular weight is 352 g/mol. The lowest BCUT2D eigenvalue weighted by molar-refractivity contribution is 0.298. The lowest BCUT2D eigenvalue weighted by Gasteiger charge is -2.37. The van der Waals surface area contributed by atoms with E-state index in [0.717, 1.165) is 48.4 Å². The highest BCUT2D eigenvalue weighted by Gasteiger charge is 2.37. The van der Waals surface area contributed by atoms with Crippen LogP contribution < -0.4 is 4.90 Å². The Bertz CT molecular complexity index is 833. The summed E-state index contributed by atoms with van der Waals surface area (Å²) in [6.07, 6.45) is 4.30. The maximum atomic E-state index is 12.2. The van der Waals surface area contributed by atoms with Crippen molar-refractivity contribution in [3.05, 3.63) is 17.3 Å². The molecule has 2 aliphatic rings. The van der Waals surface area contributed by atoms with Gasteiger partial charge in [-0.15, -0.1) is 11.3 Å². The second kappa shape index (κ2) is 5.68. The van der Waals surface area contributed by atoms with Crippen molar-refractivity contribution in [2.24, 2.45) is 0 Å². The van der Waals surface area contributed by atoms with Crippen LogP contribution in [0.25, 0.3) is 10.2 Å². The van der Waals surface area contributed by atoms with E-state index in [1.807, 2.05) is 0 Å².